The summed E-state index contributed by atoms with van der Waals surface area (Å²) >= 11 is 0. The highest BCUT2D eigenvalue weighted by atomic mass is 19.1. The van der Waals surface area contributed by atoms with Crippen LogP contribution in [0.1, 0.15) is 31.8 Å². The van der Waals surface area contributed by atoms with Gasteiger partial charge in [-0.1, -0.05) is 42.5 Å². The highest BCUT2D eigenvalue weighted by Crippen LogP contribution is 2.27. The third-order valence-corrected chi connectivity index (χ3v) is 4.72. The molecule has 1 aliphatic rings. The van der Waals surface area contributed by atoms with Gasteiger partial charge in [-0.05, 0) is 41.5 Å². The van der Waals surface area contributed by atoms with Crippen LogP contribution in [0.15, 0.2) is 72.8 Å². The number of nitrogens with one attached hydrogen (secondary N) is 1. The number of fused-ring (bicyclic) bond motifs is 1. The van der Waals surface area contributed by atoms with Crippen molar-refractivity contribution in [2.75, 3.05) is 6.73 Å². The highest BCUT2D eigenvalue weighted by molar-refractivity contribution is 6.02. The molecule has 0 aromatic heterocycles. The smallest absolute Gasteiger partial charge is 0.260 e. The number of benzene rings is 3. The molecule has 29 heavy (non-hydrogen) atoms. The number of amides is 2. The van der Waals surface area contributed by atoms with Crippen molar-refractivity contribution in [2.45, 2.75) is 13.1 Å². The Balaban J connectivity index is 1.47. The summed E-state index contributed by atoms with van der Waals surface area (Å²) in [5.41, 5.74) is 2.51. The molecule has 0 saturated carbocycles. The van der Waals surface area contributed by atoms with Gasteiger partial charge in [0.2, 0.25) is 0 Å². The number of nitrogens with zero attached hydrogens (tertiary/aromatic N) is 1. The lowest BCUT2D eigenvalue weighted by molar-refractivity contribution is 0.0498. The van der Waals surface area contributed by atoms with E-state index in [-0.39, 0.29) is 24.4 Å². The van der Waals surface area contributed by atoms with Crippen molar-refractivity contribution in [3.63, 3.8) is 0 Å². The van der Waals surface area contributed by atoms with Gasteiger partial charge in [0.25, 0.3) is 11.8 Å². The molecule has 1 N–H and O–H groups in total. The molecule has 0 atom stereocenters. The van der Waals surface area contributed by atoms with E-state index in [9.17, 15) is 14.0 Å². The van der Waals surface area contributed by atoms with Crippen LogP contribution < -0.4 is 10.1 Å². The number of carbonyl (C=O) groups excluding carboxylic acids is 2. The molecule has 0 saturated heterocycles. The molecule has 0 fully saturated rings. The van der Waals surface area contributed by atoms with E-state index in [1.807, 2.05) is 30.3 Å². The van der Waals surface area contributed by atoms with Crippen molar-refractivity contribution in [1.82, 2.24) is 10.2 Å². The molecule has 1 aliphatic heterocycles. The van der Waals surface area contributed by atoms with Crippen molar-refractivity contribution < 1.29 is 18.7 Å². The van der Waals surface area contributed by atoms with Gasteiger partial charge in [0.05, 0.1) is 5.56 Å². The van der Waals surface area contributed by atoms with Crippen LogP contribution in [0.25, 0.3) is 0 Å². The molecule has 0 aliphatic carbocycles. The van der Waals surface area contributed by atoms with Crippen molar-refractivity contribution >= 4 is 11.8 Å². The molecule has 6 heteroatoms. The molecule has 0 spiro atoms. The molecule has 4 rings (SSSR count). The number of ether oxygens (including phenoxy) is 1. The van der Waals surface area contributed by atoms with Crippen LogP contribution >= 0.6 is 0 Å². The monoisotopic (exact) mass is 390 g/mol. The molecule has 1 heterocycles. The first-order valence-electron chi connectivity index (χ1n) is 9.23. The Morgan fingerprint density at radius 2 is 1.76 bits per heavy atom. The zero-order valence-electron chi connectivity index (χ0n) is 15.6. The summed E-state index contributed by atoms with van der Waals surface area (Å²) in [4.78, 5) is 26.9. The second kappa shape index (κ2) is 8.14. The first kappa shape index (κ1) is 18.7. The van der Waals surface area contributed by atoms with Gasteiger partial charge < -0.3 is 15.0 Å². The molecule has 3 aromatic carbocycles. The van der Waals surface area contributed by atoms with Gasteiger partial charge in [0.1, 0.15) is 11.6 Å². The summed E-state index contributed by atoms with van der Waals surface area (Å²) in [7, 11) is 0. The van der Waals surface area contributed by atoms with Gasteiger partial charge in [0.15, 0.2) is 6.73 Å². The standard InChI is InChI=1S/C23H19FN2O3/c24-19-9-6-17(7-10-19)14-26-15-29-21-11-8-18(12-20(21)23(26)28)22(27)25-13-16-4-2-1-3-5-16/h1-12H,13-15H2,(H,25,27). The summed E-state index contributed by atoms with van der Waals surface area (Å²) in [5, 5.41) is 2.85. The Hall–Kier alpha value is -3.67. The summed E-state index contributed by atoms with van der Waals surface area (Å²) in [6.45, 7) is 0.795. The normalized spacial score (nSPS) is 12.9. The minimum absolute atomic E-state index is 0.1000. The van der Waals surface area contributed by atoms with Crippen molar-refractivity contribution in [1.29, 1.82) is 0 Å². The van der Waals surface area contributed by atoms with E-state index < -0.39 is 0 Å². The van der Waals surface area contributed by atoms with Crippen LogP contribution in [0.4, 0.5) is 4.39 Å². The lowest BCUT2D eigenvalue weighted by Crippen LogP contribution is -2.38. The maximum Gasteiger partial charge on any atom is 0.260 e. The van der Waals surface area contributed by atoms with Crippen molar-refractivity contribution in [2.24, 2.45) is 0 Å². The summed E-state index contributed by atoms with van der Waals surface area (Å²) < 4.78 is 18.8. The summed E-state index contributed by atoms with van der Waals surface area (Å²) in [6.07, 6.45) is 0. The van der Waals surface area contributed by atoms with E-state index in [1.54, 1.807) is 30.3 Å². The van der Waals surface area contributed by atoms with Crippen molar-refractivity contribution in [3.8, 4) is 5.75 Å². The first-order valence-corrected chi connectivity index (χ1v) is 9.23. The fourth-order valence-corrected chi connectivity index (χ4v) is 3.15. The average molecular weight is 390 g/mol. The summed E-state index contributed by atoms with van der Waals surface area (Å²) in [5.74, 6) is -0.371. The van der Waals surface area contributed by atoms with E-state index in [1.165, 1.54) is 17.0 Å². The molecular formula is C23H19FN2O3. The minimum Gasteiger partial charge on any atom is -0.472 e. The van der Waals surface area contributed by atoms with Gasteiger partial charge in [0, 0.05) is 18.7 Å². The van der Waals surface area contributed by atoms with Crippen molar-refractivity contribution in [3.05, 3.63) is 101 Å². The third kappa shape index (κ3) is 4.27. The van der Waals surface area contributed by atoms with Crippen LogP contribution in [0, 0.1) is 5.82 Å². The average Bonchev–Trinajstić information content (AvgIpc) is 2.76. The number of rotatable bonds is 5. The zero-order chi connectivity index (χ0) is 20.2. The number of hydrogen-bond acceptors (Lipinski definition) is 3. The maximum absolute atomic E-state index is 13.1. The topological polar surface area (TPSA) is 58.6 Å². The van der Waals surface area contributed by atoms with E-state index >= 15 is 0 Å². The lowest BCUT2D eigenvalue weighted by atomic mass is 10.1. The Morgan fingerprint density at radius 1 is 1.00 bits per heavy atom. The predicted octanol–water partition coefficient (Wildman–Crippen LogP) is 3.75. The van der Waals surface area contributed by atoms with E-state index in [4.69, 9.17) is 4.74 Å². The van der Waals surface area contributed by atoms with Gasteiger partial charge in [-0.3, -0.25) is 9.59 Å². The van der Waals surface area contributed by atoms with Crippen LogP contribution in [0.2, 0.25) is 0 Å². The Kier molecular flexibility index (Phi) is 5.24. The van der Waals surface area contributed by atoms with Crippen LogP contribution in [-0.2, 0) is 13.1 Å². The van der Waals surface area contributed by atoms with E-state index in [2.05, 4.69) is 5.32 Å². The first-order chi connectivity index (χ1) is 14.1. The SMILES string of the molecule is O=C(NCc1ccccc1)c1ccc2c(c1)C(=O)N(Cc1ccc(F)cc1)CO2. The number of hydrogen-bond donors (Lipinski definition) is 1. The van der Waals surface area contributed by atoms with E-state index in [0.29, 0.717) is 30.0 Å². The summed E-state index contributed by atoms with van der Waals surface area (Å²) in [6, 6.07) is 20.4. The Bertz CT molecular complexity index is 1040. The van der Waals surface area contributed by atoms with Crippen LogP contribution in [0.3, 0.4) is 0 Å². The number of halogens is 1. The zero-order valence-corrected chi connectivity index (χ0v) is 15.6. The second-order valence-electron chi connectivity index (χ2n) is 6.78. The molecule has 146 valence electrons. The van der Waals surface area contributed by atoms with E-state index in [0.717, 1.165) is 11.1 Å². The Labute approximate surface area is 167 Å². The van der Waals surface area contributed by atoms with Gasteiger partial charge in [-0.25, -0.2) is 4.39 Å². The van der Waals surface area contributed by atoms with Crippen LogP contribution in [0.5, 0.6) is 5.75 Å². The quantitative estimate of drug-likeness (QED) is 0.722. The van der Waals surface area contributed by atoms with Gasteiger partial charge >= 0.3 is 0 Å². The minimum atomic E-state index is -0.327. The molecule has 3 aromatic rings. The fraction of sp³-hybridized carbons (Fsp3) is 0.130. The van der Waals surface area contributed by atoms with Gasteiger partial charge in [-0.15, -0.1) is 0 Å². The predicted molar refractivity (Wildman–Crippen MR) is 106 cm³/mol. The van der Waals surface area contributed by atoms with Gasteiger partial charge in [-0.2, -0.15) is 0 Å². The molecule has 0 radical (unpaired) electrons. The third-order valence-electron chi connectivity index (χ3n) is 4.72. The molecule has 0 unspecified atom stereocenters. The Morgan fingerprint density at radius 3 is 2.52 bits per heavy atom. The fourth-order valence-electron chi connectivity index (χ4n) is 3.15. The molecule has 0 bridgehead atoms. The molecule has 2 amide bonds. The highest BCUT2D eigenvalue weighted by Gasteiger charge is 2.26. The maximum atomic E-state index is 13.1. The second-order valence-corrected chi connectivity index (χ2v) is 6.78. The molecular weight excluding hydrogens is 371 g/mol. The number of carbonyl (C=O) groups is 2. The largest absolute Gasteiger partial charge is 0.472 e. The van der Waals surface area contributed by atoms with Crippen LogP contribution in [-0.4, -0.2) is 23.4 Å². The lowest BCUT2D eigenvalue weighted by Gasteiger charge is -2.29. The molecule has 5 nitrogen and oxygen atoms in total.